The van der Waals surface area contributed by atoms with Gasteiger partial charge in [-0.1, -0.05) is 47.5 Å². The number of hydrogen-bond donors (Lipinski definition) is 1. The predicted octanol–water partition coefficient (Wildman–Crippen LogP) is 5.32. The minimum Gasteiger partial charge on any atom is -0.271 e. The lowest BCUT2D eigenvalue weighted by Crippen LogP contribution is -2.40. The maximum absolute atomic E-state index is 13.4. The van der Waals surface area contributed by atoms with Crippen LogP contribution in [0.2, 0.25) is 5.02 Å². The van der Waals surface area contributed by atoms with E-state index in [4.69, 9.17) is 11.6 Å². The van der Waals surface area contributed by atoms with Crippen molar-refractivity contribution in [3.63, 3.8) is 0 Å². The van der Waals surface area contributed by atoms with Crippen LogP contribution in [0.4, 0.5) is 18.9 Å². The highest BCUT2D eigenvalue weighted by Crippen LogP contribution is 2.31. The van der Waals surface area contributed by atoms with Gasteiger partial charge in [-0.05, 0) is 55.8 Å². The molecule has 0 aliphatic carbocycles. The Labute approximate surface area is 206 Å². The lowest BCUT2D eigenvalue weighted by atomic mass is 10.1. The van der Waals surface area contributed by atoms with Crippen molar-refractivity contribution in [3.8, 4) is 0 Å². The Bertz CT molecular complexity index is 1360. The number of anilines is 1. The van der Waals surface area contributed by atoms with Crippen molar-refractivity contribution in [3.05, 3.63) is 94.0 Å². The van der Waals surface area contributed by atoms with Crippen molar-refractivity contribution in [2.75, 3.05) is 10.8 Å². The van der Waals surface area contributed by atoms with E-state index in [1.54, 1.807) is 32.0 Å². The molecule has 0 atom stereocenters. The molecule has 0 fully saturated rings. The number of nitrogens with zero attached hydrogens (tertiary/aromatic N) is 2. The fraction of sp³-hybridized carbons (Fsp3) is 0.167. The number of carbonyl (C=O) groups is 1. The molecule has 184 valence electrons. The second-order valence-corrected chi connectivity index (χ2v) is 9.93. The number of alkyl halides is 3. The van der Waals surface area contributed by atoms with Crippen molar-refractivity contribution in [1.29, 1.82) is 0 Å². The summed E-state index contributed by atoms with van der Waals surface area (Å²) >= 11 is 6.00. The molecule has 0 unspecified atom stereocenters. The normalized spacial score (nSPS) is 12.1. The summed E-state index contributed by atoms with van der Waals surface area (Å²) in [6, 6.07) is 15.3. The van der Waals surface area contributed by atoms with Gasteiger partial charge in [0.15, 0.2) is 0 Å². The van der Waals surface area contributed by atoms with Gasteiger partial charge in [-0.2, -0.15) is 18.3 Å². The molecular weight excluding hydrogens is 503 g/mol. The van der Waals surface area contributed by atoms with Gasteiger partial charge >= 0.3 is 6.18 Å². The van der Waals surface area contributed by atoms with Crippen LogP contribution in [0.3, 0.4) is 0 Å². The molecule has 0 aromatic heterocycles. The molecule has 6 nitrogen and oxygen atoms in total. The molecule has 11 heteroatoms. The standard InChI is InChI=1S/C24H21ClF3N3O3S/c1-16-7-10-20(11-8-16)35(33,34)31(22-12-9-19(25)13-17(22)2)15-23(32)30-29-14-18-5-3-4-6-21(18)24(26,27)28/h3-14H,15H2,1-2H3,(H,30,32). The van der Waals surface area contributed by atoms with Gasteiger partial charge in [0.05, 0.1) is 22.4 Å². The Morgan fingerprint density at radius 2 is 1.71 bits per heavy atom. The number of benzene rings is 3. The highest BCUT2D eigenvalue weighted by Gasteiger charge is 2.32. The number of nitrogens with one attached hydrogen (secondary N) is 1. The van der Waals surface area contributed by atoms with E-state index >= 15 is 0 Å². The van der Waals surface area contributed by atoms with Gasteiger partial charge in [0.2, 0.25) is 0 Å². The Morgan fingerprint density at radius 1 is 1.06 bits per heavy atom. The number of sulfonamides is 1. The van der Waals surface area contributed by atoms with Crippen LogP contribution in [0.15, 0.2) is 76.7 Å². The fourth-order valence-corrected chi connectivity index (χ4v) is 4.96. The SMILES string of the molecule is Cc1ccc(S(=O)(=O)N(CC(=O)NN=Cc2ccccc2C(F)(F)F)c2ccc(Cl)cc2C)cc1. The van der Waals surface area contributed by atoms with Crippen molar-refractivity contribution in [2.24, 2.45) is 5.10 Å². The minimum absolute atomic E-state index is 0.0344. The summed E-state index contributed by atoms with van der Waals surface area (Å²) in [5.41, 5.74) is 2.51. The van der Waals surface area contributed by atoms with E-state index in [0.717, 1.165) is 22.1 Å². The number of amides is 1. The molecule has 1 amide bonds. The smallest absolute Gasteiger partial charge is 0.271 e. The first-order chi connectivity index (χ1) is 16.4. The second-order valence-electron chi connectivity index (χ2n) is 7.63. The van der Waals surface area contributed by atoms with Crippen LogP contribution >= 0.6 is 11.6 Å². The number of halogens is 4. The molecule has 0 aliphatic heterocycles. The monoisotopic (exact) mass is 523 g/mol. The zero-order valence-electron chi connectivity index (χ0n) is 18.7. The molecule has 3 rings (SSSR count). The summed E-state index contributed by atoms with van der Waals surface area (Å²) in [5.74, 6) is -0.851. The molecule has 3 aromatic rings. The number of hydrogen-bond acceptors (Lipinski definition) is 4. The zero-order chi connectivity index (χ0) is 25.8. The first-order valence-electron chi connectivity index (χ1n) is 10.2. The van der Waals surface area contributed by atoms with Crippen molar-refractivity contribution < 1.29 is 26.4 Å². The van der Waals surface area contributed by atoms with Gasteiger partial charge in [0.25, 0.3) is 15.9 Å². The topological polar surface area (TPSA) is 78.8 Å². The molecule has 0 saturated carbocycles. The van der Waals surface area contributed by atoms with Crippen molar-refractivity contribution >= 4 is 39.4 Å². The van der Waals surface area contributed by atoms with Crippen molar-refractivity contribution in [1.82, 2.24) is 5.43 Å². The van der Waals surface area contributed by atoms with Gasteiger partial charge in [-0.3, -0.25) is 9.10 Å². The molecule has 0 spiro atoms. The number of rotatable bonds is 7. The van der Waals surface area contributed by atoms with Crippen LogP contribution in [0.1, 0.15) is 22.3 Å². The maximum atomic E-state index is 13.4. The first kappa shape index (κ1) is 26.2. The minimum atomic E-state index is -4.60. The summed E-state index contributed by atoms with van der Waals surface area (Å²) in [6.45, 7) is 2.78. The fourth-order valence-electron chi connectivity index (χ4n) is 3.24. The molecular formula is C24H21ClF3N3O3S. The Balaban J connectivity index is 1.89. The Kier molecular flexibility index (Phi) is 7.86. The number of carbonyl (C=O) groups excluding carboxylic acids is 1. The van der Waals surface area contributed by atoms with Gasteiger partial charge in [-0.15, -0.1) is 0 Å². The number of hydrazone groups is 1. The molecule has 0 bridgehead atoms. The molecule has 3 aromatic carbocycles. The summed E-state index contributed by atoms with van der Waals surface area (Å²) in [7, 11) is -4.18. The molecule has 35 heavy (non-hydrogen) atoms. The van der Waals surface area contributed by atoms with Crippen molar-refractivity contribution in [2.45, 2.75) is 24.9 Å². The molecule has 0 saturated heterocycles. The van der Waals surface area contributed by atoms with E-state index in [1.165, 1.54) is 42.5 Å². The average molecular weight is 524 g/mol. The zero-order valence-corrected chi connectivity index (χ0v) is 20.2. The summed E-state index contributed by atoms with van der Waals surface area (Å²) in [4.78, 5) is 12.6. The summed E-state index contributed by atoms with van der Waals surface area (Å²) in [6.07, 6.45) is -3.75. The van der Waals surface area contributed by atoms with Crippen LogP contribution in [0, 0.1) is 13.8 Å². The van der Waals surface area contributed by atoms with E-state index in [9.17, 15) is 26.4 Å². The predicted molar refractivity (Wildman–Crippen MR) is 129 cm³/mol. The average Bonchev–Trinajstić information content (AvgIpc) is 2.78. The lowest BCUT2D eigenvalue weighted by Gasteiger charge is -2.25. The van der Waals surface area contributed by atoms with Crippen LogP contribution in [0.25, 0.3) is 0 Å². The Hall–Kier alpha value is -3.37. The van der Waals surface area contributed by atoms with E-state index < -0.39 is 34.2 Å². The number of aryl methyl sites for hydroxylation is 2. The van der Waals surface area contributed by atoms with E-state index in [1.807, 2.05) is 0 Å². The van der Waals surface area contributed by atoms with Crippen LogP contribution in [-0.4, -0.2) is 27.1 Å². The van der Waals surface area contributed by atoms with Crippen LogP contribution in [-0.2, 0) is 21.0 Å². The van der Waals surface area contributed by atoms with Gasteiger partial charge in [0, 0.05) is 10.6 Å². The van der Waals surface area contributed by atoms with E-state index in [0.29, 0.717) is 10.6 Å². The van der Waals surface area contributed by atoms with Gasteiger partial charge in [0.1, 0.15) is 6.54 Å². The molecule has 1 N–H and O–H groups in total. The third kappa shape index (κ3) is 6.40. The third-order valence-electron chi connectivity index (χ3n) is 4.98. The highest BCUT2D eigenvalue weighted by molar-refractivity contribution is 7.92. The lowest BCUT2D eigenvalue weighted by molar-refractivity contribution is -0.137. The molecule has 0 radical (unpaired) electrons. The van der Waals surface area contributed by atoms with Crippen LogP contribution < -0.4 is 9.73 Å². The largest absolute Gasteiger partial charge is 0.417 e. The van der Waals surface area contributed by atoms with Gasteiger partial charge in [-0.25, -0.2) is 13.8 Å². The molecule has 0 aliphatic rings. The summed E-state index contributed by atoms with van der Waals surface area (Å²) in [5, 5.41) is 3.98. The van der Waals surface area contributed by atoms with E-state index in [-0.39, 0.29) is 16.1 Å². The third-order valence-corrected chi connectivity index (χ3v) is 6.99. The molecule has 0 heterocycles. The summed E-state index contributed by atoms with van der Waals surface area (Å²) < 4.78 is 67.2. The Morgan fingerprint density at radius 3 is 2.34 bits per heavy atom. The maximum Gasteiger partial charge on any atom is 0.417 e. The first-order valence-corrected chi connectivity index (χ1v) is 12.0. The quantitative estimate of drug-likeness (QED) is 0.336. The van der Waals surface area contributed by atoms with E-state index in [2.05, 4.69) is 10.5 Å². The van der Waals surface area contributed by atoms with Crippen LogP contribution in [0.5, 0.6) is 0 Å². The highest BCUT2D eigenvalue weighted by atomic mass is 35.5. The second kappa shape index (κ2) is 10.5. The van der Waals surface area contributed by atoms with Gasteiger partial charge < -0.3 is 0 Å².